The van der Waals surface area contributed by atoms with Crippen LogP contribution in [-0.4, -0.2) is 49.3 Å². The fourth-order valence-corrected chi connectivity index (χ4v) is 3.86. The summed E-state index contributed by atoms with van der Waals surface area (Å²) in [7, 11) is 1.67. The van der Waals surface area contributed by atoms with Crippen LogP contribution in [0.2, 0.25) is 0 Å². The van der Waals surface area contributed by atoms with E-state index in [1.807, 2.05) is 12.1 Å². The van der Waals surface area contributed by atoms with Crippen LogP contribution < -0.4 is 10.1 Å². The van der Waals surface area contributed by atoms with Gasteiger partial charge in [-0.25, -0.2) is 0 Å². The van der Waals surface area contributed by atoms with Crippen molar-refractivity contribution >= 4 is 5.91 Å². The molecule has 2 heterocycles. The molecule has 1 amide bonds. The molecule has 0 spiro atoms. The molecule has 2 aliphatic heterocycles. The van der Waals surface area contributed by atoms with E-state index in [-0.39, 0.29) is 11.9 Å². The molecule has 2 aliphatic rings. The van der Waals surface area contributed by atoms with Crippen molar-refractivity contribution < 1.29 is 14.3 Å². The topological polar surface area (TPSA) is 50.8 Å². The number of piperidine rings is 1. The second-order valence-corrected chi connectivity index (χ2v) is 6.86. The number of rotatable bonds is 5. The summed E-state index contributed by atoms with van der Waals surface area (Å²) in [5, 5.41) is 3.55. The van der Waals surface area contributed by atoms with E-state index >= 15 is 0 Å². The number of carbonyl (C=O) groups excluding carboxylic acids is 1. The molecule has 5 heteroatoms. The van der Waals surface area contributed by atoms with Crippen LogP contribution in [0.25, 0.3) is 0 Å². The summed E-state index contributed by atoms with van der Waals surface area (Å²) in [5.41, 5.74) is 1.21. The molecule has 0 bridgehead atoms. The SMILES string of the molecule is COc1ccc(CNC2CC(=O)N(C3CCOCC3)C(C)C2)cc1. The van der Waals surface area contributed by atoms with Gasteiger partial charge in [-0.15, -0.1) is 0 Å². The molecule has 5 nitrogen and oxygen atoms in total. The highest BCUT2D eigenvalue weighted by Crippen LogP contribution is 2.26. The smallest absolute Gasteiger partial charge is 0.224 e. The fraction of sp³-hybridized carbons (Fsp3) is 0.632. The maximum absolute atomic E-state index is 12.6. The minimum atomic E-state index is 0.255. The van der Waals surface area contributed by atoms with Gasteiger partial charge in [-0.05, 0) is 43.9 Å². The predicted molar refractivity (Wildman–Crippen MR) is 93.0 cm³/mol. The molecule has 132 valence electrons. The van der Waals surface area contributed by atoms with E-state index in [0.29, 0.717) is 18.5 Å². The van der Waals surface area contributed by atoms with Crippen molar-refractivity contribution in [1.82, 2.24) is 10.2 Å². The third kappa shape index (κ3) is 4.08. The van der Waals surface area contributed by atoms with E-state index in [4.69, 9.17) is 9.47 Å². The van der Waals surface area contributed by atoms with E-state index in [0.717, 1.165) is 44.8 Å². The lowest BCUT2D eigenvalue weighted by Gasteiger charge is -2.43. The Morgan fingerprint density at radius 1 is 1.25 bits per heavy atom. The summed E-state index contributed by atoms with van der Waals surface area (Å²) in [6, 6.07) is 8.98. The standard InChI is InChI=1S/C19H28N2O3/c1-14-11-16(20-13-15-3-5-18(23-2)6-4-15)12-19(22)21(14)17-7-9-24-10-8-17/h3-6,14,16-17,20H,7-13H2,1-2H3. The highest BCUT2D eigenvalue weighted by atomic mass is 16.5. The van der Waals surface area contributed by atoms with Gasteiger partial charge in [-0.1, -0.05) is 12.1 Å². The molecule has 2 fully saturated rings. The van der Waals surface area contributed by atoms with Crippen LogP contribution in [0.4, 0.5) is 0 Å². The summed E-state index contributed by atoms with van der Waals surface area (Å²) in [4.78, 5) is 14.8. The summed E-state index contributed by atoms with van der Waals surface area (Å²) in [5.74, 6) is 1.15. The highest BCUT2D eigenvalue weighted by molar-refractivity contribution is 5.78. The molecule has 2 unspecified atom stereocenters. The van der Waals surface area contributed by atoms with E-state index in [9.17, 15) is 4.79 Å². The Kier molecular flexibility index (Phi) is 5.74. The zero-order valence-corrected chi connectivity index (χ0v) is 14.7. The molecule has 1 N–H and O–H groups in total. The minimum absolute atomic E-state index is 0.255. The van der Waals surface area contributed by atoms with Crippen molar-refractivity contribution in [3.05, 3.63) is 29.8 Å². The summed E-state index contributed by atoms with van der Waals surface area (Å²) in [6.45, 7) is 4.52. The summed E-state index contributed by atoms with van der Waals surface area (Å²) in [6.07, 6.45) is 3.55. The molecule has 0 aliphatic carbocycles. The van der Waals surface area contributed by atoms with Crippen LogP contribution in [-0.2, 0) is 16.1 Å². The number of ether oxygens (including phenoxy) is 2. The molecule has 2 saturated heterocycles. The maximum Gasteiger partial charge on any atom is 0.224 e. The second kappa shape index (κ2) is 7.99. The predicted octanol–water partition coefficient (Wildman–Crippen LogP) is 2.34. The van der Waals surface area contributed by atoms with Crippen molar-refractivity contribution in [3.63, 3.8) is 0 Å². The van der Waals surface area contributed by atoms with Gasteiger partial charge >= 0.3 is 0 Å². The van der Waals surface area contributed by atoms with E-state index in [2.05, 4.69) is 29.3 Å². The van der Waals surface area contributed by atoms with Crippen LogP contribution >= 0.6 is 0 Å². The Morgan fingerprint density at radius 3 is 2.58 bits per heavy atom. The van der Waals surface area contributed by atoms with Gasteiger partial charge in [-0.3, -0.25) is 4.79 Å². The van der Waals surface area contributed by atoms with Crippen LogP contribution in [0.3, 0.4) is 0 Å². The van der Waals surface area contributed by atoms with E-state index < -0.39 is 0 Å². The zero-order valence-electron chi connectivity index (χ0n) is 14.7. The van der Waals surface area contributed by atoms with Gasteiger partial charge in [0, 0.05) is 44.3 Å². The van der Waals surface area contributed by atoms with E-state index in [1.165, 1.54) is 5.56 Å². The Balaban J connectivity index is 1.52. The monoisotopic (exact) mass is 332 g/mol. The number of benzene rings is 1. The third-order valence-corrected chi connectivity index (χ3v) is 5.15. The maximum atomic E-state index is 12.6. The second-order valence-electron chi connectivity index (χ2n) is 6.86. The first kappa shape index (κ1) is 17.2. The molecule has 0 aromatic heterocycles. The molecule has 2 atom stereocenters. The molecule has 3 rings (SSSR count). The van der Waals surface area contributed by atoms with Crippen molar-refractivity contribution in [2.75, 3.05) is 20.3 Å². The average molecular weight is 332 g/mol. The first-order valence-electron chi connectivity index (χ1n) is 8.92. The molecular weight excluding hydrogens is 304 g/mol. The molecule has 0 saturated carbocycles. The Bertz CT molecular complexity index is 540. The quantitative estimate of drug-likeness (QED) is 0.899. The Morgan fingerprint density at radius 2 is 1.96 bits per heavy atom. The largest absolute Gasteiger partial charge is 0.497 e. The van der Waals surface area contributed by atoms with E-state index in [1.54, 1.807) is 7.11 Å². The summed E-state index contributed by atoms with van der Waals surface area (Å²) >= 11 is 0. The summed E-state index contributed by atoms with van der Waals surface area (Å²) < 4.78 is 10.6. The van der Waals surface area contributed by atoms with Crippen LogP contribution in [0.15, 0.2) is 24.3 Å². The van der Waals surface area contributed by atoms with Gasteiger partial charge in [0.1, 0.15) is 5.75 Å². The molecule has 24 heavy (non-hydrogen) atoms. The Labute approximate surface area is 144 Å². The molecule has 0 radical (unpaired) electrons. The van der Waals surface area contributed by atoms with Crippen LogP contribution in [0.1, 0.15) is 38.2 Å². The van der Waals surface area contributed by atoms with Gasteiger partial charge < -0.3 is 19.7 Å². The normalized spacial score (nSPS) is 25.8. The Hall–Kier alpha value is -1.59. The number of carbonyl (C=O) groups is 1. The van der Waals surface area contributed by atoms with Crippen molar-refractivity contribution in [2.45, 2.75) is 57.3 Å². The third-order valence-electron chi connectivity index (χ3n) is 5.15. The number of nitrogens with zero attached hydrogens (tertiary/aromatic N) is 1. The lowest BCUT2D eigenvalue weighted by Crippen LogP contribution is -2.55. The van der Waals surface area contributed by atoms with Crippen molar-refractivity contribution in [3.8, 4) is 5.75 Å². The number of hydrogen-bond acceptors (Lipinski definition) is 4. The number of nitrogens with one attached hydrogen (secondary N) is 1. The lowest BCUT2D eigenvalue weighted by molar-refractivity contribution is -0.142. The highest BCUT2D eigenvalue weighted by Gasteiger charge is 2.35. The molecular formula is C19H28N2O3. The van der Waals surface area contributed by atoms with Crippen molar-refractivity contribution in [1.29, 1.82) is 0 Å². The number of hydrogen-bond donors (Lipinski definition) is 1. The zero-order chi connectivity index (χ0) is 16.9. The van der Waals surface area contributed by atoms with Crippen LogP contribution in [0, 0.1) is 0 Å². The first-order chi connectivity index (χ1) is 11.7. The number of likely N-dealkylation sites (tertiary alicyclic amines) is 1. The van der Waals surface area contributed by atoms with Crippen LogP contribution in [0.5, 0.6) is 5.75 Å². The van der Waals surface area contributed by atoms with Gasteiger partial charge in [0.05, 0.1) is 7.11 Å². The van der Waals surface area contributed by atoms with Gasteiger partial charge in [0.25, 0.3) is 0 Å². The number of amides is 1. The lowest BCUT2D eigenvalue weighted by atomic mass is 9.93. The van der Waals surface area contributed by atoms with Gasteiger partial charge in [-0.2, -0.15) is 0 Å². The molecule has 1 aromatic carbocycles. The fourth-order valence-electron chi connectivity index (χ4n) is 3.86. The van der Waals surface area contributed by atoms with Gasteiger partial charge in [0.2, 0.25) is 5.91 Å². The van der Waals surface area contributed by atoms with Gasteiger partial charge in [0.15, 0.2) is 0 Å². The molecule has 1 aromatic rings. The minimum Gasteiger partial charge on any atom is -0.497 e. The first-order valence-corrected chi connectivity index (χ1v) is 8.92. The van der Waals surface area contributed by atoms with Crippen molar-refractivity contribution in [2.24, 2.45) is 0 Å². The number of methoxy groups -OCH3 is 1. The average Bonchev–Trinajstić information content (AvgIpc) is 2.61.